The molecule has 5 rings (SSSR count). The van der Waals surface area contributed by atoms with Crippen LogP contribution < -0.4 is 0 Å². The molecule has 5 fully saturated rings. The number of rotatable bonds is 4. The molecule has 4 saturated carbocycles. The predicted octanol–water partition coefficient (Wildman–Crippen LogP) is 3.24. The lowest BCUT2D eigenvalue weighted by atomic mass is 9.51. The first-order valence-corrected chi connectivity index (χ1v) is 9.96. The van der Waals surface area contributed by atoms with E-state index in [0.29, 0.717) is 19.3 Å². The molecule has 4 bridgehead atoms. The Hall–Kier alpha value is -1.68. The molecule has 6 nitrogen and oxygen atoms in total. The van der Waals surface area contributed by atoms with E-state index in [2.05, 4.69) is 6.58 Å². The van der Waals surface area contributed by atoms with Crippen LogP contribution in [0.1, 0.15) is 39.0 Å². The fourth-order valence-corrected chi connectivity index (χ4v) is 5.63. The number of hydrogen-bond acceptors (Lipinski definition) is 6. The first kappa shape index (κ1) is 21.5. The van der Waals surface area contributed by atoms with Gasteiger partial charge >= 0.3 is 23.8 Å². The van der Waals surface area contributed by atoms with Crippen LogP contribution in [-0.2, 0) is 28.5 Å². The van der Waals surface area contributed by atoms with E-state index in [-0.39, 0.29) is 24.3 Å². The van der Waals surface area contributed by atoms with Crippen LogP contribution in [0, 0.1) is 17.8 Å². The van der Waals surface area contributed by atoms with Crippen LogP contribution in [0.5, 0.6) is 0 Å². The number of carbonyl (C=O) groups is 2. The van der Waals surface area contributed by atoms with Gasteiger partial charge in [0.2, 0.25) is 0 Å². The maximum atomic E-state index is 13.8. The van der Waals surface area contributed by atoms with E-state index < -0.39 is 66.8 Å². The van der Waals surface area contributed by atoms with Crippen molar-refractivity contribution in [2.75, 3.05) is 19.8 Å². The minimum Gasteiger partial charge on any atom is -0.457 e. The number of ether oxygens (including phenoxy) is 4. The number of carbonyl (C=O) groups excluding carboxylic acids is 2. The fraction of sp³-hybridized carbons (Fsp3) is 0.800. The largest absolute Gasteiger partial charge is 0.457 e. The molecule has 2 unspecified atom stereocenters. The maximum absolute atomic E-state index is 13.8. The highest BCUT2D eigenvalue weighted by molar-refractivity contribution is 5.88. The first-order valence-electron chi connectivity index (χ1n) is 9.96. The van der Waals surface area contributed by atoms with Gasteiger partial charge in [-0.2, -0.15) is 17.6 Å². The second-order valence-corrected chi connectivity index (χ2v) is 9.06. The molecule has 4 aliphatic carbocycles. The van der Waals surface area contributed by atoms with E-state index in [1.54, 1.807) is 0 Å². The van der Waals surface area contributed by atoms with Gasteiger partial charge in [0.15, 0.2) is 12.4 Å². The molecule has 1 aliphatic heterocycles. The van der Waals surface area contributed by atoms with Crippen LogP contribution in [0.4, 0.5) is 17.6 Å². The highest BCUT2D eigenvalue weighted by Gasteiger charge is 2.69. The van der Waals surface area contributed by atoms with E-state index in [1.165, 1.54) is 6.92 Å². The van der Waals surface area contributed by atoms with Crippen LogP contribution in [0.3, 0.4) is 0 Å². The molecule has 168 valence electrons. The molecule has 0 radical (unpaired) electrons. The van der Waals surface area contributed by atoms with Crippen LogP contribution in [0.15, 0.2) is 12.2 Å². The van der Waals surface area contributed by atoms with Gasteiger partial charge in [-0.3, -0.25) is 0 Å². The van der Waals surface area contributed by atoms with E-state index >= 15 is 0 Å². The molecule has 0 aromatic rings. The predicted molar refractivity (Wildman–Crippen MR) is 92.7 cm³/mol. The van der Waals surface area contributed by atoms with Crippen molar-refractivity contribution in [1.82, 2.24) is 0 Å². The van der Waals surface area contributed by atoms with Gasteiger partial charge in [-0.1, -0.05) is 6.58 Å². The molecular weight excluding hydrogens is 412 g/mol. The van der Waals surface area contributed by atoms with Gasteiger partial charge in [0.25, 0.3) is 0 Å². The summed E-state index contributed by atoms with van der Waals surface area (Å²) >= 11 is 0. The van der Waals surface area contributed by atoms with Gasteiger partial charge in [0.05, 0.1) is 0 Å². The average Bonchev–Trinajstić information content (AvgIpc) is 2.72. The van der Waals surface area contributed by atoms with Crippen molar-refractivity contribution >= 4 is 11.9 Å². The Bertz CT molecular complexity index is 730. The Labute approximate surface area is 170 Å². The molecule has 2 atom stereocenters. The Morgan fingerprint density at radius 2 is 1.53 bits per heavy atom. The summed E-state index contributed by atoms with van der Waals surface area (Å²) in [6.45, 7) is 1.48. The van der Waals surface area contributed by atoms with Crippen molar-refractivity contribution in [3.63, 3.8) is 0 Å². The Kier molecular flexibility index (Phi) is 4.97. The molecule has 1 heterocycles. The summed E-state index contributed by atoms with van der Waals surface area (Å²) in [5, 5.41) is 0. The Morgan fingerprint density at radius 1 is 1.00 bits per heavy atom. The topological polar surface area (TPSA) is 71.1 Å². The highest BCUT2D eigenvalue weighted by atomic mass is 19.3. The van der Waals surface area contributed by atoms with Gasteiger partial charge in [0, 0.05) is 17.4 Å². The third-order valence-electron chi connectivity index (χ3n) is 6.76. The van der Waals surface area contributed by atoms with E-state index in [1.807, 2.05) is 0 Å². The zero-order chi connectivity index (χ0) is 21.9. The van der Waals surface area contributed by atoms with Gasteiger partial charge in [-0.05, 0) is 44.9 Å². The minimum atomic E-state index is -4.32. The summed E-state index contributed by atoms with van der Waals surface area (Å²) in [6, 6.07) is 0. The molecule has 0 aromatic carbocycles. The van der Waals surface area contributed by atoms with Crippen LogP contribution in [0.2, 0.25) is 0 Å². The lowest BCUT2D eigenvalue weighted by Gasteiger charge is -2.62. The van der Waals surface area contributed by atoms with Crippen molar-refractivity contribution in [3.05, 3.63) is 12.2 Å². The SMILES string of the molecule is C=C(C)C(=O)OCC(=O)OC12CC3CC(C1)C1(OCC(F)(F)C(F)(F)CO1)C(C3)C2. The van der Waals surface area contributed by atoms with Crippen molar-refractivity contribution in [1.29, 1.82) is 0 Å². The monoisotopic (exact) mass is 436 g/mol. The summed E-state index contributed by atoms with van der Waals surface area (Å²) in [5.41, 5.74) is -0.714. The van der Waals surface area contributed by atoms with Crippen molar-refractivity contribution in [3.8, 4) is 0 Å². The first-order chi connectivity index (χ1) is 13.9. The molecule has 1 spiro atoms. The van der Waals surface area contributed by atoms with Crippen molar-refractivity contribution in [2.45, 2.75) is 62.3 Å². The Morgan fingerprint density at radius 3 is 2.03 bits per heavy atom. The van der Waals surface area contributed by atoms with Gasteiger partial charge in [0.1, 0.15) is 18.8 Å². The number of alkyl halides is 4. The summed E-state index contributed by atoms with van der Waals surface area (Å²) in [5.74, 6) is -12.3. The zero-order valence-corrected chi connectivity index (χ0v) is 16.6. The molecule has 10 heteroatoms. The molecular formula is C20H24F4O6. The van der Waals surface area contributed by atoms with Gasteiger partial charge < -0.3 is 18.9 Å². The maximum Gasteiger partial charge on any atom is 0.344 e. The van der Waals surface area contributed by atoms with Gasteiger partial charge in [-0.15, -0.1) is 0 Å². The lowest BCUT2D eigenvalue weighted by molar-refractivity contribution is -0.355. The second kappa shape index (κ2) is 6.91. The summed E-state index contributed by atoms with van der Waals surface area (Å²) in [4.78, 5) is 23.7. The smallest absolute Gasteiger partial charge is 0.344 e. The summed E-state index contributed by atoms with van der Waals surface area (Å²) in [6.07, 6.45) is 2.24. The quantitative estimate of drug-likeness (QED) is 0.383. The zero-order valence-electron chi connectivity index (χ0n) is 16.6. The van der Waals surface area contributed by atoms with Crippen molar-refractivity contribution < 1.29 is 46.1 Å². The lowest BCUT2D eigenvalue weighted by Crippen LogP contribution is -2.66. The van der Waals surface area contributed by atoms with Crippen LogP contribution >= 0.6 is 0 Å². The second-order valence-electron chi connectivity index (χ2n) is 9.06. The number of halogens is 4. The van der Waals surface area contributed by atoms with E-state index in [0.717, 1.165) is 0 Å². The minimum absolute atomic E-state index is 0.148. The summed E-state index contributed by atoms with van der Waals surface area (Å²) < 4.78 is 76.6. The Balaban J connectivity index is 1.48. The van der Waals surface area contributed by atoms with Crippen LogP contribution in [-0.4, -0.2) is 55.0 Å². The molecule has 0 N–H and O–H groups in total. The van der Waals surface area contributed by atoms with Crippen LogP contribution in [0.25, 0.3) is 0 Å². The van der Waals surface area contributed by atoms with Gasteiger partial charge in [-0.25, -0.2) is 9.59 Å². The molecule has 0 amide bonds. The average molecular weight is 436 g/mol. The number of esters is 2. The normalized spacial score (nSPS) is 37.4. The fourth-order valence-electron chi connectivity index (χ4n) is 5.63. The standard InChI is InChI=1S/C20H24F4O6/c1-11(2)16(26)27-8-15(25)30-17-5-12-3-13(6-17)20(14(4-12)7-17)28-9-18(21,22)19(23,24)10-29-20/h12-14H,1,3-10H2,2H3. The molecule has 0 aromatic heterocycles. The number of hydrogen-bond donors (Lipinski definition) is 0. The highest BCUT2D eigenvalue weighted by Crippen LogP contribution is 2.63. The molecule has 1 saturated heterocycles. The van der Waals surface area contributed by atoms with Crippen molar-refractivity contribution in [2.24, 2.45) is 17.8 Å². The third-order valence-corrected chi connectivity index (χ3v) is 6.76. The van der Waals surface area contributed by atoms with E-state index in [9.17, 15) is 27.2 Å². The summed E-state index contributed by atoms with van der Waals surface area (Å²) in [7, 11) is 0. The molecule has 5 aliphatic rings. The van der Waals surface area contributed by atoms with E-state index in [4.69, 9.17) is 18.9 Å². The molecule has 30 heavy (non-hydrogen) atoms. The third kappa shape index (κ3) is 3.41.